The van der Waals surface area contributed by atoms with Gasteiger partial charge in [0.15, 0.2) is 11.5 Å². The van der Waals surface area contributed by atoms with Crippen molar-refractivity contribution in [2.24, 2.45) is 4.99 Å². The van der Waals surface area contributed by atoms with Crippen LogP contribution in [0.1, 0.15) is 33.2 Å². The zero-order valence-corrected chi connectivity index (χ0v) is 19.1. The number of carboxylic acid groups (broad SMARTS) is 1. The van der Waals surface area contributed by atoms with Gasteiger partial charge in [-0.1, -0.05) is 24.3 Å². The number of H-pyrrole nitrogens is 1. The fourth-order valence-electron chi connectivity index (χ4n) is 4.82. The number of benzene rings is 3. The van der Waals surface area contributed by atoms with E-state index in [1.54, 1.807) is 17.0 Å². The van der Waals surface area contributed by atoms with E-state index in [0.717, 1.165) is 22.2 Å². The second-order valence-corrected chi connectivity index (χ2v) is 8.58. The molecule has 0 saturated heterocycles. The lowest BCUT2D eigenvalue weighted by Gasteiger charge is -2.35. The summed E-state index contributed by atoms with van der Waals surface area (Å²) in [6.07, 6.45) is 2.04. The van der Waals surface area contributed by atoms with Crippen molar-refractivity contribution < 1.29 is 24.2 Å². The molecule has 180 valence electrons. The van der Waals surface area contributed by atoms with Gasteiger partial charge in [0.05, 0.1) is 23.6 Å². The predicted octanol–water partition coefficient (Wildman–Crippen LogP) is 4.61. The van der Waals surface area contributed by atoms with Crippen LogP contribution in [0.15, 0.2) is 71.7 Å². The normalized spacial score (nSPS) is 16.3. The molecule has 2 aliphatic heterocycles. The summed E-state index contributed by atoms with van der Waals surface area (Å²) in [6.45, 7) is 0.691. The number of aromatic nitrogens is 1. The molecule has 0 aliphatic carbocycles. The van der Waals surface area contributed by atoms with Gasteiger partial charge < -0.3 is 24.5 Å². The van der Waals surface area contributed by atoms with Crippen LogP contribution in [0.25, 0.3) is 10.9 Å². The standard InChI is InChI=1S/C27H22N4O5/c32-26(33)16-5-8-18(9-6-16)28-14-29-27(34)31-12-11-20-19-3-1-2-4-21(19)30-24(20)25(31)17-7-10-22-23(13-17)36-15-35-22/h1-10,13-14,25,30H,11-12,15H2,(H,32,33)(H,28,29,34). The maximum absolute atomic E-state index is 13.4. The van der Waals surface area contributed by atoms with E-state index < -0.39 is 5.97 Å². The number of carboxylic acids is 1. The molecule has 0 fully saturated rings. The van der Waals surface area contributed by atoms with E-state index in [1.165, 1.54) is 24.0 Å². The highest BCUT2D eigenvalue weighted by Gasteiger charge is 2.35. The number of para-hydroxylation sites is 1. The van der Waals surface area contributed by atoms with Crippen molar-refractivity contribution in [2.75, 3.05) is 13.3 Å². The smallest absolute Gasteiger partial charge is 0.335 e. The zero-order valence-electron chi connectivity index (χ0n) is 19.1. The van der Waals surface area contributed by atoms with Crippen molar-refractivity contribution in [1.29, 1.82) is 0 Å². The van der Waals surface area contributed by atoms with Crippen molar-refractivity contribution in [1.82, 2.24) is 15.2 Å². The molecule has 0 radical (unpaired) electrons. The third-order valence-corrected chi connectivity index (χ3v) is 6.52. The molecule has 36 heavy (non-hydrogen) atoms. The van der Waals surface area contributed by atoms with E-state index in [-0.39, 0.29) is 24.4 Å². The summed E-state index contributed by atoms with van der Waals surface area (Å²) >= 11 is 0. The SMILES string of the molecule is O=C(O)c1ccc(N=CNC(=O)N2CCc3c([nH]c4ccccc34)C2c2ccc3c(c2)OCO3)cc1. The van der Waals surface area contributed by atoms with E-state index in [9.17, 15) is 9.59 Å². The van der Waals surface area contributed by atoms with Gasteiger partial charge in [-0.25, -0.2) is 14.6 Å². The van der Waals surface area contributed by atoms with Gasteiger partial charge in [-0.05, 0) is 60.0 Å². The number of aromatic amines is 1. The molecule has 0 saturated carbocycles. The summed E-state index contributed by atoms with van der Waals surface area (Å²) in [5.74, 6) is 0.334. The highest BCUT2D eigenvalue weighted by molar-refractivity contribution is 5.90. The van der Waals surface area contributed by atoms with Crippen LogP contribution in [0, 0.1) is 0 Å². The first kappa shape index (κ1) is 21.7. The molecule has 0 bridgehead atoms. The van der Waals surface area contributed by atoms with Crippen LogP contribution in [-0.2, 0) is 6.42 Å². The topological polar surface area (TPSA) is 116 Å². The summed E-state index contributed by atoms with van der Waals surface area (Å²) < 4.78 is 11.1. The van der Waals surface area contributed by atoms with E-state index in [0.29, 0.717) is 30.2 Å². The molecule has 3 N–H and O–H groups in total. The van der Waals surface area contributed by atoms with Crippen LogP contribution in [0.3, 0.4) is 0 Å². The van der Waals surface area contributed by atoms with Gasteiger partial charge in [-0.2, -0.15) is 0 Å². The number of urea groups is 1. The van der Waals surface area contributed by atoms with Gasteiger partial charge >= 0.3 is 12.0 Å². The molecule has 0 spiro atoms. The van der Waals surface area contributed by atoms with Crippen LogP contribution >= 0.6 is 0 Å². The zero-order chi connectivity index (χ0) is 24.6. The molecule has 1 atom stereocenters. The molecule has 3 heterocycles. The number of nitrogens with one attached hydrogen (secondary N) is 2. The van der Waals surface area contributed by atoms with Gasteiger partial charge in [0.25, 0.3) is 0 Å². The van der Waals surface area contributed by atoms with Crippen LogP contribution in [0.5, 0.6) is 11.5 Å². The first-order chi connectivity index (χ1) is 17.6. The number of hydrogen-bond acceptors (Lipinski definition) is 5. The highest BCUT2D eigenvalue weighted by atomic mass is 16.7. The molecule has 4 aromatic rings. The Morgan fingerprint density at radius 1 is 1.06 bits per heavy atom. The Labute approximate surface area is 206 Å². The number of carbonyl (C=O) groups is 2. The Balaban J connectivity index is 1.31. The number of carbonyl (C=O) groups excluding carboxylic acids is 1. The second kappa shape index (κ2) is 8.77. The minimum Gasteiger partial charge on any atom is -0.478 e. The minimum absolute atomic E-state index is 0.173. The van der Waals surface area contributed by atoms with E-state index in [1.807, 2.05) is 36.4 Å². The molecule has 1 unspecified atom stereocenters. The van der Waals surface area contributed by atoms with Crippen LogP contribution in [-0.4, -0.2) is 46.7 Å². The molecule has 3 aromatic carbocycles. The fourth-order valence-corrected chi connectivity index (χ4v) is 4.82. The second-order valence-electron chi connectivity index (χ2n) is 8.58. The van der Waals surface area contributed by atoms with Gasteiger partial charge in [-0.15, -0.1) is 0 Å². The lowest BCUT2D eigenvalue weighted by molar-refractivity contribution is 0.0697. The predicted molar refractivity (Wildman–Crippen MR) is 133 cm³/mol. The van der Waals surface area contributed by atoms with Gasteiger partial charge in [0.2, 0.25) is 6.79 Å². The van der Waals surface area contributed by atoms with E-state index in [2.05, 4.69) is 21.4 Å². The Morgan fingerprint density at radius 3 is 2.69 bits per heavy atom. The van der Waals surface area contributed by atoms with Crippen molar-refractivity contribution >= 4 is 34.9 Å². The molecular formula is C27H22N4O5. The van der Waals surface area contributed by atoms with E-state index >= 15 is 0 Å². The number of ether oxygens (including phenoxy) is 2. The maximum Gasteiger partial charge on any atom is 0.335 e. The number of aromatic carboxylic acids is 1. The van der Waals surface area contributed by atoms with E-state index in [4.69, 9.17) is 14.6 Å². The first-order valence-electron chi connectivity index (χ1n) is 11.5. The molecule has 1 aromatic heterocycles. The van der Waals surface area contributed by atoms with Crippen LogP contribution < -0.4 is 14.8 Å². The molecule has 2 aliphatic rings. The molecule has 9 heteroatoms. The summed E-state index contributed by atoms with van der Waals surface area (Å²) in [5.41, 5.74) is 4.81. The number of rotatable bonds is 4. The third-order valence-electron chi connectivity index (χ3n) is 6.52. The summed E-state index contributed by atoms with van der Waals surface area (Å²) in [4.78, 5) is 33.9. The average molecular weight is 482 g/mol. The Kier molecular flexibility index (Phi) is 5.29. The first-order valence-corrected chi connectivity index (χ1v) is 11.5. The third kappa shape index (κ3) is 3.80. The van der Waals surface area contributed by atoms with Gasteiger partial charge in [-0.3, -0.25) is 5.32 Å². The molecule has 2 amide bonds. The quantitative estimate of drug-likeness (QED) is 0.290. The Bertz CT molecular complexity index is 1510. The molecular weight excluding hydrogens is 460 g/mol. The monoisotopic (exact) mass is 482 g/mol. The fraction of sp³-hybridized carbons (Fsp3) is 0.148. The van der Waals surface area contributed by atoms with Crippen molar-refractivity contribution in [3.8, 4) is 11.5 Å². The van der Waals surface area contributed by atoms with Crippen molar-refractivity contribution in [3.63, 3.8) is 0 Å². The van der Waals surface area contributed by atoms with Gasteiger partial charge in [0, 0.05) is 23.1 Å². The average Bonchev–Trinajstić information content (AvgIpc) is 3.52. The highest BCUT2D eigenvalue weighted by Crippen LogP contribution is 2.42. The number of fused-ring (bicyclic) bond motifs is 4. The number of amides is 2. The number of nitrogens with zero attached hydrogens (tertiary/aromatic N) is 2. The Morgan fingerprint density at radius 2 is 1.86 bits per heavy atom. The molecule has 9 nitrogen and oxygen atoms in total. The lowest BCUT2D eigenvalue weighted by Crippen LogP contribution is -2.45. The van der Waals surface area contributed by atoms with Crippen LogP contribution in [0.2, 0.25) is 0 Å². The summed E-state index contributed by atoms with van der Waals surface area (Å²) in [6, 6.07) is 19.3. The summed E-state index contributed by atoms with van der Waals surface area (Å²) in [7, 11) is 0. The maximum atomic E-state index is 13.4. The summed E-state index contributed by atoms with van der Waals surface area (Å²) in [5, 5.41) is 13.0. The largest absolute Gasteiger partial charge is 0.478 e. The Hall–Kier alpha value is -4.79. The number of aliphatic imine (C=N–C) groups is 1. The molecule has 6 rings (SSSR count). The minimum atomic E-state index is -1.00. The van der Waals surface area contributed by atoms with Crippen molar-refractivity contribution in [3.05, 3.63) is 89.1 Å². The number of hydrogen-bond donors (Lipinski definition) is 3. The van der Waals surface area contributed by atoms with Gasteiger partial charge in [0.1, 0.15) is 0 Å². The van der Waals surface area contributed by atoms with Crippen molar-refractivity contribution in [2.45, 2.75) is 12.5 Å². The lowest BCUT2D eigenvalue weighted by atomic mass is 9.92. The van der Waals surface area contributed by atoms with Crippen LogP contribution in [0.4, 0.5) is 10.5 Å².